The van der Waals surface area contributed by atoms with Gasteiger partial charge in [-0.05, 0) is 62.7 Å². The average molecular weight is 251 g/mol. The lowest BCUT2D eigenvalue weighted by Gasteiger charge is -2.54. The van der Waals surface area contributed by atoms with Crippen molar-refractivity contribution in [3.63, 3.8) is 0 Å². The highest BCUT2D eigenvalue weighted by Gasteiger charge is 2.48. The van der Waals surface area contributed by atoms with Crippen molar-refractivity contribution >= 4 is 6.03 Å². The third kappa shape index (κ3) is 2.35. The van der Waals surface area contributed by atoms with Crippen molar-refractivity contribution < 1.29 is 4.79 Å². The van der Waals surface area contributed by atoms with Crippen LogP contribution in [0.5, 0.6) is 0 Å². The van der Waals surface area contributed by atoms with Crippen LogP contribution < -0.4 is 16.4 Å². The second-order valence-corrected chi connectivity index (χ2v) is 6.79. The number of carbonyl (C=O) groups is 1. The summed E-state index contributed by atoms with van der Waals surface area (Å²) in [6.45, 7) is 2.46. The van der Waals surface area contributed by atoms with Crippen LogP contribution in [0.15, 0.2) is 0 Å². The zero-order valence-electron chi connectivity index (χ0n) is 11.2. The van der Waals surface area contributed by atoms with Gasteiger partial charge in [-0.1, -0.05) is 0 Å². The first-order valence-corrected chi connectivity index (χ1v) is 7.41. The number of urea groups is 1. The Morgan fingerprint density at radius 1 is 1.17 bits per heavy atom. The van der Waals surface area contributed by atoms with Crippen molar-refractivity contribution in [3.05, 3.63) is 0 Å². The highest BCUT2D eigenvalue weighted by atomic mass is 16.2. The fourth-order valence-electron chi connectivity index (χ4n) is 4.62. The maximum Gasteiger partial charge on any atom is 0.315 e. The Bertz CT molecular complexity index is 301. The van der Waals surface area contributed by atoms with Crippen molar-refractivity contribution in [3.8, 4) is 0 Å². The van der Waals surface area contributed by atoms with E-state index in [0.717, 1.165) is 23.7 Å². The van der Waals surface area contributed by atoms with Crippen LogP contribution in [0, 0.1) is 23.7 Å². The monoisotopic (exact) mass is 251 g/mol. The first-order chi connectivity index (χ1) is 8.61. The van der Waals surface area contributed by atoms with E-state index in [9.17, 15) is 4.79 Å². The van der Waals surface area contributed by atoms with Gasteiger partial charge < -0.3 is 16.4 Å². The van der Waals surface area contributed by atoms with Gasteiger partial charge >= 0.3 is 6.03 Å². The minimum absolute atomic E-state index is 0.0225. The molecule has 0 radical (unpaired) electrons. The van der Waals surface area contributed by atoms with Gasteiger partial charge in [-0.15, -0.1) is 0 Å². The highest BCUT2D eigenvalue weighted by Crippen LogP contribution is 2.53. The minimum atomic E-state index is -0.0234. The summed E-state index contributed by atoms with van der Waals surface area (Å²) < 4.78 is 0. The van der Waals surface area contributed by atoms with E-state index in [1.165, 1.54) is 32.1 Å². The molecule has 0 aromatic carbocycles. The third-order valence-corrected chi connectivity index (χ3v) is 5.11. The van der Waals surface area contributed by atoms with Crippen molar-refractivity contribution in [2.24, 2.45) is 29.4 Å². The maximum atomic E-state index is 11.9. The zero-order valence-corrected chi connectivity index (χ0v) is 11.2. The Morgan fingerprint density at radius 3 is 2.22 bits per heavy atom. The van der Waals surface area contributed by atoms with Gasteiger partial charge in [-0.2, -0.15) is 0 Å². The molecule has 0 aromatic rings. The second-order valence-electron chi connectivity index (χ2n) is 6.79. The van der Waals surface area contributed by atoms with E-state index in [1.54, 1.807) is 0 Å². The molecule has 4 fully saturated rings. The van der Waals surface area contributed by atoms with Gasteiger partial charge in [0.25, 0.3) is 0 Å². The Morgan fingerprint density at radius 2 is 1.72 bits per heavy atom. The molecule has 4 aliphatic carbocycles. The molecule has 4 saturated carbocycles. The van der Waals surface area contributed by atoms with Crippen LogP contribution in [0.2, 0.25) is 0 Å². The molecule has 0 spiro atoms. The molecule has 0 saturated heterocycles. The number of rotatable bonds is 3. The SMILES string of the molecule is CC(N)CNC(=O)NC1C2CC3CC(C2)CC1C3. The fourth-order valence-corrected chi connectivity index (χ4v) is 4.62. The Kier molecular flexibility index (Phi) is 3.22. The van der Waals surface area contributed by atoms with Gasteiger partial charge in [0.2, 0.25) is 0 Å². The molecule has 18 heavy (non-hydrogen) atoms. The van der Waals surface area contributed by atoms with Crippen LogP contribution in [0.4, 0.5) is 4.79 Å². The molecule has 1 unspecified atom stereocenters. The quantitative estimate of drug-likeness (QED) is 0.711. The summed E-state index contributed by atoms with van der Waals surface area (Å²) in [7, 11) is 0. The first kappa shape index (κ1) is 12.3. The minimum Gasteiger partial charge on any atom is -0.337 e. The molecule has 4 N–H and O–H groups in total. The summed E-state index contributed by atoms with van der Waals surface area (Å²) in [6, 6.07) is 0.421. The van der Waals surface area contributed by atoms with E-state index in [-0.39, 0.29) is 12.1 Å². The molecule has 2 amide bonds. The number of carbonyl (C=O) groups excluding carboxylic acids is 1. The molecular weight excluding hydrogens is 226 g/mol. The van der Waals surface area contributed by atoms with Gasteiger partial charge in [-0.25, -0.2) is 4.79 Å². The van der Waals surface area contributed by atoms with Gasteiger partial charge in [0, 0.05) is 18.6 Å². The number of nitrogens with two attached hydrogens (primary N) is 1. The fraction of sp³-hybridized carbons (Fsp3) is 0.929. The van der Waals surface area contributed by atoms with Crippen LogP contribution >= 0.6 is 0 Å². The lowest BCUT2D eigenvalue weighted by atomic mass is 9.54. The Labute approximate surface area is 109 Å². The third-order valence-electron chi connectivity index (χ3n) is 5.11. The summed E-state index contributed by atoms with van der Waals surface area (Å²) in [5, 5.41) is 6.08. The molecule has 0 heterocycles. The molecule has 4 nitrogen and oxygen atoms in total. The second kappa shape index (κ2) is 4.72. The lowest BCUT2D eigenvalue weighted by Crippen LogP contribution is -2.58. The van der Waals surface area contributed by atoms with Crippen LogP contribution in [0.1, 0.15) is 39.0 Å². The highest BCUT2D eigenvalue weighted by molar-refractivity contribution is 5.74. The lowest BCUT2D eigenvalue weighted by molar-refractivity contribution is -0.00941. The molecule has 4 heteroatoms. The predicted octanol–water partition coefficient (Wildman–Crippen LogP) is 1.46. The first-order valence-electron chi connectivity index (χ1n) is 7.41. The van der Waals surface area contributed by atoms with Crippen LogP contribution in [-0.2, 0) is 0 Å². The topological polar surface area (TPSA) is 67.1 Å². The Balaban J connectivity index is 1.55. The van der Waals surface area contributed by atoms with Crippen molar-refractivity contribution in [2.75, 3.05) is 6.54 Å². The Hall–Kier alpha value is -0.770. The molecule has 4 aliphatic rings. The van der Waals surface area contributed by atoms with Gasteiger partial charge in [0.05, 0.1) is 0 Å². The number of hydrogen-bond acceptors (Lipinski definition) is 2. The average Bonchev–Trinajstić information content (AvgIpc) is 2.30. The molecule has 102 valence electrons. The molecule has 0 aromatic heterocycles. The molecule has 4 bridgehead atoms. The standard InChI is InChI=1S/C14H25N3O/c1-8(15)7-16-14(18)17-13-11-3-9-2-10(5-11)6-12(13)4-9/h8-13H,2-7,15H2,1H3,(H2,16,17,18). The maximum absolute atomic E-state index is 11.9. The van der Waals surface area contributed by atoms with Crippen molar-refractivity contribution in [1.82, 2.24) is 10.6 Å². The number of hydrogen-bond donors (Lipinski definition) is 3. The van der Waals surface area contributed by atoms with Crippen LogP contribution in [-0.4, -0.2) is 24.7 Å². The normalized spacial score (nSPS) is 42.7. The van der Waals surface area contributed by atoms with Crippen LogP contribution in [0.25, 0.3) is 0 Å². The summed E-state index contributed by atoms with van der Waals surface area (Å²) in [5.41, 5.74) is 5.65. The molecule has 1 atom stereocenters. The van der Waals surface area contributed by atoms with E-state index >= 15 is 0 Å². The molecule has 4 rings (SSSR count). The summed E-state index contributed by atoms with van der Waals surface area (Å²) >= 11 is 0. The van der Waals surface area contributed by atoms with E-state index in [0.29, 0.717) is 12.6 Å². The van der Waals surface area contributed by atoms with Crippen molar-refractivity contribution in [1.29, 1.82) is 0 Å². The molecular formula is C14H25N3O. The van der Waals surface area contributed by atoms with Gasteiger partial charge in [0.15, 0.2) is 0 Å². The van der Waals surface area contributed by atoms with Gasteiger partial charge in [-0.3, -0.25) is 0 Å². The summed E-state index contributed by atoms with van der Waals surface area (Å²) in [6.07, 6.45) is 6.81. The van der Waals surface area contributed by atoms with Crippen molar-refractivity contribution in [2.45, 2.75) is 51.1 Å². The number of amides is 2. The summed E-state index contributed by atoms with van der Waals surface area (Å²) in [4.78, 5) is 11.9. The zero-order chi connectivity index (χ0) is 12.7. The molecule has 0 aliphatic heterocycles. The number of nitrogens with one attached hydrogen (secondary N) is 2. The smallest absolute Gasteiger partial charge is 0.315 e. The van der Waals surface area contributed by atoms with E-state index in [1.807, 2.05) is 6.92 Å². The van der Waals surface area contributed by atoms with Crippen LogP contribution in [0.3, 0.4) is 0 Å². The van der Waals surface area contributed by atoms with E-state index in [2.05, 4.69) is 10.6 Å². The van der Waals surface area contributed by atoms with Gasteiger partial charge in [0.1, 0.15) is 0 Å². The van der Waals surface area contributed by atoms with E-state index in [4.69, 9.17) is 5.73 Å². The largest absolute Gasteiger partial charge is 0.337 e. The summed E-state index contributed by atoms with van der Waals surface area (Å²) in [5.74, 6) is 3.39. The van der Waals surface area contributed by atoms with E-state index < -0.39 is 0 Å². The predicted molar refractivity (Wildman–Crippen MR) is 71.0 cm³/mol.